The fourth-order valence-corrected chi connectivity index (χ4v) is 13.0. The number of halogens is 3. The molecule has 0 N–H and O–H groups in total. The Morgan fingerprint density at radius 3 is 1.36 bits per heavy atom. The number of unbranched alkanes of at least 4 members (excludes halogenated alkanes) is 3. The van der Waals surface area contributed by atoms with Gasteiger partial charge in [0.05, 0.1) is 8.07 Å². The molecule has 5 rings (SSSR count). The summed E-state index contributed by atoms with van der Waals surface area (Å²) in [6.07, 6.45) is 20.7. The third-order valence-corrected chi connectivity index (χ3v) is 14.9. The number of aryl methyl sites for hydroxylation is 3. The van der Waals surface area contributed by atoms with Gasteiger partial charge in [0, 0.05) is 0 Å². The second kappa shape index (κ2) is 20.2. The molecule has 5 heteroatoms. The van der Waals surface area contributed by atoms with Gasteiger partial charge in [-0.25, -0.2) is 11.6 Å². The van der Waals surface area contributed by atoms with Gasteiger partial charge in [-0.15, -0.1) is 12.2 Å². The molecule has 2 atom stereocenters. The SMILES string of the molecule is CCCCc1ccc([Si](c2ccc(CCCC)cc2)(c2ccc(CCCC)cc2)[C-]2C3=CC=CCC3CC2C)cc1.[Cl-].[Cl-].[Cl-].[Ti+4]. The van der Waals surface area contributed by atoms with Crippen LogP contribution in [0.5, 0.6) is 0 Å². The molecule has 0 aromatic heterocycles. The molecule has 3 aromatic carbocycles. The van der Waals surface area contributed by atoms with E-state index in [9.17, 15) is 0 Å². The molecule has 0 nitrogen and oxygen atoms in total. The van der Waals surface area contributed by atoms with E-state index >= 15 is 0 Å². The second-order valence-electron chi connectivity index (χ2n) is 12.7. The maximum absolute atomic E-state index is 2.53. The first-order valence-corrected chi connectivity index (χ1v) is 18.6. The van der Waals surface area contributed by atoms with Crippen LogP contribution < -0.4 is 52.8 Å². The van der Waals surface area contributed by atoms with Crippen LogP contribution in [0.4, 0.5) is 0 Å². The Morgan fingerprint density at radius 1 is 0.622 bits per heavy atom. The topological polar surface area (TPSA) is 0 Å². The van der Waals surface area contributed by atoms with Gasteiger partial charge in [0.2, 0.25) is 0 Å². The van der Waals surface area contributed by atoms with Crippen LogP contribution >= 0.6 is 0 Å². The van der Waals surface area contributed by atoms with Gasteiger partial charge >= 0.3 is 21.7 Å². The molecule has 0 spiro atoms. The molecular weight excluding hydrogens is 663 g/mol. The molecule has 0 aliphatic heterocycles. The molecule has 2 aliphatic carbocycles. The zero-order valence-electron chi connectivity index (χ0n) is 27.7. The Hall–Kier alpha value is -1.19. The van der Waals surface area contributed by atoms with Gasteiger partial charge in [-0.3, -0.25) is 0 Å². The molecule has 1 saturated carbocycles. The van der Waals surface area contributed by atoms with E-state index in [4.69, 9.17) is 0 Å². The fourth-order valence-electron chi connectivity index (χ4n) is 7.50. The van der Waals surface area contributed by atoms with Crippen molar-refractivity contribution in [1.82, 2.24) is 0 Å². The van der Waals surface area contributed by atoms with E-state index in [2.05, 4.69) is 119 Å². The van der Waals surface area contributed by atoms with Crippen molar-refractivity contribution < 1.29 is 58.9 Å². The van der Waals surface area contributed by atoms with Crippen molar-refractivity contribution in [3.63, 3.8) is 0 Å². The maximum Gasteiger partial charge on any atom is 4.00 e. The molecule has 2 unspecified atom stereocenters. The standard InChI is InChI=1S/C40H51Si.3ClH.Ti/c1-5-8-13-32-18-24-36(25-19-32)41(37-26-20-33(21-27-37)14-9-6-2,38-28-22-34(23-29-38)15-10-7-3)40-31(4)30-35-16-11-12-17-39(35)40;;;;/h11-12,17-29,31,35H,5-10,13-16,30H2,1-4H3;3*1H;/q-1;;;;+4/p-3. The molecule has 0 bridgehead atoms. The summed E-state index contributed by atoms with van der Waals surface area (Å²) in [6, 6.07) is 29.9. The molecule has 240 valence electrons. The Kier molecular flexibility index (Phi) is 18.8. The Morgan fingerprint density at radius 2 is 1.00 bits per heavy atom. The number of fused-ring (bicyclic) bond motifs is 1. The summed E-state index contributed by atoms with van der Waals surface area (Å²) < 4.78 is 0. The first-order chi connectivity index (χ1) is 20.1. The van der Waals surface area contributed by atoms with E-state index in [-0.39, 0.29) is 58.9 Å². The van der Waals surface area contributed by atoms with Crippen LogP contribution in [0.15, 0.2) is 96.6 Å². The summed E-state index contributed by atoms with van der Waals surface area (Å²) in [6.45, 7) is 9.40. The minimum absolute atomic E-state index is 0. The van der Waals surface area contributed by atoms with Crippen molar-refractivity contribution in [1.29, 1.82) is 0 Å². The maximum atomic E-state index is 2.53. The van der Waals surface area contributed by atoms with E-state index in [0.29, 0.717) is 11.8 Å². The van der Waals surface area contributed by atoms with E-state index in [1.54, 1.807) is 26.7 Å². The number of hydrogen-bond acceptors (Lipinski definition) is 0. The zero-order chi connectivity index (χ0) is 28.7. The summed E-state index contributed by atoms with van der Waals surface area (Å²) in [5.41, 5.74) is 7.84. The molecule has 0 amide bonds. The smallest absolute Gasteiger partial charge is 1.00 e. The van der Waals surface area contributed by atoms with Gasteiger partial charge in [0.15, 0.2) is 0 Å². The van der Waals surface area contributed by atoms with Gasteiger partial charge < -0.3 is 37.2 Å². The van der Waals surface area contributed by atoms with Crippen LogP contribution in [-0.4, -0.2) is 8.07 Å². The quantitative estimate of drug-likeness (QED) is 0.132. The molecule has 3 aromatic rings. The van der Waals surface area contributed by atoms with Gasteiger partial charge in [-0.1, -0.05) is 148 Å². The molecular formula is C40H51Cl3SiTi. The van der Waals surface area contributed by atoms with E-state index in [1.807, 2.05) is 0 Å². The Labute approximate surface area is 309 Å². The molecule has 45 heavy (non-hydrogen) atoms. The summed E-state index contributed by atoms with van der Waals surface area (Å²) in [5.74, 6) is 1.24. The van der Waals surface area contributed by atoms with Gasteiger partial charge in [0.25, 0.3) is 0 Å². The summed E-state index contributed by atoms with van der Waals surface area (Å²) in [5, 5.41) is 4.66. The fraction of sp³-hybridized carbons (Fsp3) is 0.425. The van der Waals surface area contributed by atoms with Crippen molar-refractivity contribution in [3.05, 3.63) is 119 Å². The van der Waals surface area contributed by atoms with Gasteiger partial charge in [-0.2, -0.15) is 5.54 Å². The van der Waals surface area contributed by atoms with Crippen LogP contribution in [-0.2, 0) is 41.0 Å². The van der Waals surface area contributed by atoms with Crippen LogP contribution in [0.3, 0.4) is 0 Å². The average Bonchev–Trinajstić information content (AvgIpc) is 3.36. The summed E-state index contributed by atoms with van der Waals surface area (Å²) in [4.78, 5) is 0. The van der Waals surface area contributed by atoms with E-state index in [0.717, 1.165) is 0 Å². The van der Waals surface area contributed by atoms with Crippen molar-refractivity contribution >= 4 is 23.6 Å². The van der Waals surface area contributed by atoms with Crippen LogP contribution in [0.2, 0.25) is 0 Å². The molecule has 1 fully saturated rings. The van der Waals surface area contributed by atoms with Gasteiger partial charge in [0.1, 0.15) is 0 Å². The average molecular weight is 714 g/mol. The van der Waals surface area contributed by atoms with E-state index < -0.39 is 8.07 Å². The minimum Gasteiger partial charge on any atom is -1.00 e. The minimum atomic E-state index is -2.51. The van der Waals surface area contributed by atoms with Crippen molar-refractivity contribution in [2.45, 2.75) is 98.3 Å². The molecule has 0 saturated heterocycles. The Bertz CT molecular complexity index is 1190. The first kappa shape index (κ1) is 41.8. The summed E-state index contributed by atoms with van der Waals surface area (Å²) in [7, 11) is -2.51. The summed E-state index contributed by atoms with van der Waals surface area (Å²) >= 11 is 0. The number of benzene rings is 3. The largest absolute Gasteiger partial charge is 4.00 e. The monoisotopic (exact) mass is 712 g/mol. The molecule has 0 radical (unpaired) electrons. The Balaban J connectivity index is 0.00000253. The molecule has 2 aliphatic rings. The van der Waals surface area contributed by atoms with Crippen molar-refractivity contribution in [3.8, 4) is 0 Å². The number of hydrogen-bond donors (Lipinski definition) is 0. The second-order valence-corrected chi connectivity index (χ2v) is 16.5. The van der Waals surface area contributed by atoms with E-state index in [1.165, 1.54) is 87.3 Å². The van der Waals surface area contributed by atoms with Crippen LogP contribution in [0.25, 0.3) is 0 Å². The third kappa shape index (κ3) is 9.25. The zero-order valence-corrected chi connectivity index (χ0v) is 32.6. The predicted octanol–water partition coefficient (Wildman–Crippen LogP) is -0.150. The number of rotatable bonds is 13. The predicted molar refractivity (Wildman–Crippen MR) is 182 cm³/mol. The molecule has 0 heterocycles. The van der Waals surface area contributed by atoms with Crippen LogP contribution in [0, 0.1) is 17.4 Å². The van der Waals surface area contributed by atoms with Crippen LogP contribution in [0.1, 0.15) is 95.8 Å². The van der Waals surface area contributed by atoms with Gasteiger partial charge in [-0.05, 0) is 67.6 Å². The first-order valence-electron chi connectivity index (χ1n) is 16.6. The third-order valence-electron chi connectivity index (χ3n) is 9.74. The van der Waals surface area contributed by atoms with Crippen molar-refractivity contribution in [2.75, 3.05) is 0 Å². The van der Waals surface area contributed by atoms with Crippen molar-refractivity contribution in [2.24, 2.45) is 11.8 Å². The normalized spacial score (nSPS) is 16.8. The number of allylic oxidation sites excluding steroid dienone is 4.